The van der Waals surface area contributed by atoms with Crippen molar-refractivity contribution in [1.29, 1.82) is 0 Å². The van der Waals surface area contributed by atoms with Crippen LogP contribution in [0, 0.1) is 24.5 Å². The summed E-state index contributed by atoms with van der Waals surface area (Å²) in [7, 11) is 0. The average Bonchev–Trinajstić information content (AvgIpc) is 2.54. The molecule has 1 aromatic heterocycles. The molecular formula is C19H23F2N3O3. The zero-order chi connectivity index (χ0) is 20.2. The fourth-order valence-corrected chi connectivity index (χ4v) is 2.91. The smallest absolute Gasteiger partial charge is 0.405 e. The van der Waals surface area contributed by atoms with Crippen LogP contribution in [-0.4, -0.2) is 28.3 Å². The van der Waals surface area contributed by atoms with E-state index in [1.54, 1.807) is 13.8 Å². The van der Waals surface area contributed by atoms with E-state index in [4.69, 9.17) is 15.2 Å². The number of rotatable bonds is 7. The van der Waals surface area contributed by atoms with Gasteiger partial charge < -0.3 is 15.2 Å². The predicted molar refractivity (Wildman–Crippen MR) is 96.1 cm³/mol. The van der Waals surface area contributed by atoms with E-state index in [0.29, 0.717) is 12.2 Å². The lowest BCUT2D eigenvalue weighted by Gasteiger charge is -2.30. The zero-order valence-corrected chi connectivity index (χ0v) is 15.8. The third-order valence-corrected chi connectivity index (χ3v) is 3.82. The first-order valence-corrected chi connectivity index (χ1v) is 8.50. The van der Waals surface area contributed by atoms with Crippen LogP contribution in [0.25, 0.3) is 11.3 Å². The SMILES string of the molecule is Cc1nccc(-c2ccc(OCC(C)(CC(C)C)OC(N)=O)c(F)c2F)n1. The van der Waals surface area contributed by atoms with Gasteiger partial charge in [0, 0.05) is 11.8 Å². The lowest BCUT2D eigenvalue weighted by Crippen LogP contribution is -2.41. The molecular weight excluding hydrogens is 356 g/mol. The minimum atomic E-state index is -1.14. The van der Waals surface area contributed by atoms with Crippen molar-refractivity contribution in [3.63, 3.8) is 0 Å². The van der Waals surface area contributed by atoms with Crippen LogP contribution < -0.4 is 10.5 Å². The third-order valence-electron chi connectivity index (χ3n) is 3.82. The first-order valence-electron chi connectivity index (χ1n) is 8.50. The molecule has 2 N–H and O–H groups in total. The molecule has 146 valence electrons. The van der Waals surface area contributed by atoms with Crippen molar-refractivity contribution >= 4 is 6.09 Å². The van der Waals surface area contributed by atoms with Crippen molar-refractivity contribution in [1.82, 2.24) is 9.97 Å². The molecule has 8 heteroatoms. The third kappa shape index (κ3) is 5.35. The molecule has 2 aromatic rings. The number of nitrogens with two attached hydrogens (primary N) is 1. The highest BCUT2D eigenvalue weighted by molar-refractivity contribution is 5.65. The lowest BCUT2D eigenvalue weighted by atomic mass is 9.95. The fraction of sp³-hybridized carbons (Fsp3) is 0.421. The number of carbonyl (C=O) groups is 1. The van der Waals surface area contributed by atoms with Crippen LogP contribution in [0.5, 0.6) is 5.75 Å². The maximum atomic E-state index is 14.5. The van der Waals surface area contributed by atoms with Gasteiger partial charge in [-0.1, -0.05) is 13.8 Å². The Morgan fingerprint density at radius 2 is 1.96 bits per heavy atom. The molecule has 0 aliphatic rings. The Morgan fingerprint density at radius 1 is 1.26 bits per heavy atom. The molecule has 0 aliphatic heterocycles. The van der Waals surface area contributed by atoms with E-state index in [2.05, 4.69) is 9.97 Å². The summed E-state index contributed by atoms with van der Waals surface area (Å²) in [4.78, 5) is 19.2. The van der Waals surface area contributed by atoms with Gasteiger partial charge in [0.1, 0.15) is 18.0 Å². The van der Waals surface area contributed by atoms with E-state index in [1.165, 1.54) is 24.4 Å². The van der Waals surface area contributed by atoms with Crippen molar-refractivity contribution in [2.45, 2.75) is 39.7 Å². The van der Waals surface area contributed by atoms with Gasteiger partial charge in [-0.05, 0) is 44.4 Å². The van der Waals surface area contributed by atoms with Gasteiger partial charge in [0.2, 0.25) is 5.82 Å². The summed E-state index contributed by atoms with van der Waals surface area (Å²) >= 11 is 0. The molecule has 6 nitrogen and oxygen atoms in total. The maximum absolute atomic E-state index is 14.5. The summed E-state index contributed by atoms with van der Waals surface area (Å²) in [5.41, 5.74) is 4.32. The second-order valence-corrected chi connectivity index (χ2v) is 6.99. The number of carbonyl (C=O) groups excluding carboxylic acids is 1. The van der Waals surface area contributed by atoms with E-state index in [0.717, 1.165) is 0 Å². The Kier molecular flexibility index (Phi) is 6.30. The standard InChI is InChI=1S/C19H23F2N3O3/c1-11(2)9-19(4,27-18(22)25)10-26-15-6-5-13(16(20)17(15)21)14-7-8-23-12(3)24-14/h5-8,11H,9-10H2,1-4H3,(H2,22,25). The van der Waals surface area contributed by atoms with Crippen LogP contribution in [0.1, 0.15) is 33.0 Å². The average molecular weight is 379 g/mol. The highest BCUT2D eigenvalue weighted by Gasteiger charge is 2.31. The van der Waals surface area contributed by atoms with Crippen LogP contribution in [-0.2, 0) is 4.74 Å². The molecule has 0 saturated carbocycles. The number of benzene rings is 1. The predicted octanol–water partition coefficient (Wildman–Crippen LogP) is 4.01. The summed E-state index contributed by atoms with van der Waals surface area (Å²) in [6, 6.07) is 4.18. The molecule has 0 aliphatic carbocycles. The minimum Gasteiger partial charge on any atom is -0.486 e. The first-order chi connectivity index (χ1) is 12.6. The summed E-state index contributed by atoms with van der Waals surface area (Å²) in [5, 5.41) is 0. The van der Waals surface area contributed by atoms with Crippen molar-refractivity contribution in [2.24, 2.45) is 11.7 Å². The van der Waals surface area contributed by atoms with Gasteiger partial charge in [-0.25, -0.2) is 19.2 Å². The highest BCUT2D eigenvalue weighted by Crippen LogP contribution is 2.30. The van der Waals surface area contributed by atoms with Crippen molar-refractivity contribution in [3.05, 3.63) is 41.9 Å². The molecule has 1 aromatic carbocycles. The van der Waals surface area contributed by atoms with E-state index in [-0.39, 0.29) is 29.5 Å². The molecule has 0 spiro atoms. The maximum Gasteiger partial charge on any atom is 0.405 e. The van der Waals surface area contributed by atoms with Crippen molar-refractivity contribution in [2.75, 3.05) is 6.61 Å². The van der Waals surface area contributed by atoms with Gasteiger partial charge >= 0.3 is 6.09 Å². The van der Waals surface area contributed by atoms with E-state index in [9.17, 15) is 13.6 Å². The molecule has 2 rings (SSSR count). The Bertz CT molecular complexity index is 830. The van der Waals surface area contributed by atoms with Crippen LogP contribution >= 0.6 is 0 Å². The molecule has 27 heavy (non-hydrogen) atoms. The molecule has 0 bridgehead atoms. The van der Waals surface area contributed by atoms with Crippen molar-refractivity contribution in [3.8, 4) is 17.0 Å². The summed E-state index contributed by atoms with van der Waals surface area (Å²) in [5.74, 6) is -1.89. The number of amides is 1. The Hall–Kier alpha value is -2.77. The van der Waals surface area contributed by atoms with Gasteiger partial charge in [-0.3, -0.25) is 0 Å². The number of hydrogen-bond donors (Lipinski definition) is 1. The van der Waals surface area contributed by atoms with Gasteiger partial charge in [0.05, 0.1) is 5.69 Å². The molecule has 0 radical (unpaired) electrons. The minimum absolute atomic E-state index is 0.00341. The second kappa shape index (κ2) is 8.28. The summed E-state index contributed by atoms with van der Waals surface area (Å²) in [6.45, 7) is 6.98. The van der Waals surface area contributed by atoms with Crippen LogP contribution in [0.4, 0.5) is 13.6 Å². The largest absolute Gasteiger partial charge is 0.486 e. The first kappa shape index (κ1) is 20.5. The molecule has 1 atom stereocenters. The topological polar surface area (TPSA) is 87.3 Å². The molecule has 1 heterocycles. The number of halogens is 2. The fourth-order valence-electron chi connectivity index (χ4n) is 2.91. The molecule has 1 amide bonds. The lowest BCUT2D eigenvalue weighted by molar-refractivity contribution is -0.0195. The van der Waals surface area contributed by atoms with Gasteiger partial charge in [0.25, 0.3) is 0 Å². The van der Waals surface area contributed by atoms with Gasteiger partial charge in [-0.2, -0.15) is 4.39 Å². The van der Waals surface area contributed by atoms with Crippen LogP contribution in [0.3, 0.4) is 0 Å². The number of aryl methyl sites for hydroxylation is 1. The number of nitrogens with zero attached hydrogens (tertiary/aromatic N) is 2. The second-order valence-electron chi connectivity index (χ2n) is 6.99. The molecule has 0 saturated heterocycles. The van der Waals surface area contributed by atoms with Crippen LogP contribution in [0.15, 0.2) is 24.4 Å². The number of aromatic nitrogens is 2. The Morgan fingerprint density at radius 3 is 2.56 bits per heavy atom. The molecule has 1 unspecified atom stereocenters. The van der Waals surface area contributed by atoms with Crippen molar-refractivity contribution < 1.29 is 23.0 Å². The molecule has 0 fully saturated rings. The van der Waals surface area contributed by atoms with Crippen LogP contribution in [0.2, 0.25) is 0 Å². The normalized spacial score (nSPS) is 13.3. The monoisotopic (exact) mass is 379 g/mol. The van der Waals surface area contributed by atoms with Gasteiger partial charge in [0.15, 0.2) is 11.6 Å². The van der Waals surface area contributed by atoms with Gasteiger partial charge in [-0.15, -0.1) is 0 Å². The summed E-state index contributed by atoms with van der Waals surface area (Å²) in [6.07, 6.45) is 0.957. The number of ether oxygens (including phenoxy) is 2. The zero-order valence-electron chi connectivity index (χ0n) is 15.8. The summed E-state index contributed by atoms with van der Waals surface area (Å²) < 4.78 is 39.5. The van der Waals surface area contributed by atoms with E-state index >= 15 is 0 Å². The quantitative estimate of drug-likeness (QED) is 0.785. The Labute approximate surface area is 156 Å². The van der Waals surface area contributed by atoms with E-state index in [1.807, 2.05) is 13.8 Å². The van der Waals surface area contributed by atoms with E-state index < -0.39 is 23.3 Å². The highest BCUT2D eigenvalue weighted by atomic mass is 19.2. The number of hydrogen-bond acceptors (Lipinski definition) is 5. The Balaban J connectivity index is 2.24. The number of primary amides is 1.